The van der Waals surface area contributed by atoms with Gasteiger partial charge in [0.25, 0.3) is 0 Å². The highest BCUT2D eigenvalue weighted by molar-refractivity contribution is 7.99. The highest BCUT2D eigenvalue weighted by Crippen LogP contribution is 2.41. The average Bonchev–Trinajstić information content (AvgIpc) is 2.73. The molecular formula is C15H17F3OS. The maximum Gasteiger partial charge on any atom is 0.420 e. The number of aryl methyl sites for hydroxylation is 1. The highest BCUT2D eigenvalue weighted by Gasteiger charge is 2.35. The summed E-state index contributed by atoms with van der Waals surface area (Å²) in [6, 6.07) is 4.26. The Balaban J connectivity index is 2.60. The van der Waals surface area contributed by atoms with Gasteiger partial charge in [-0.1, -0.05) is 44.2 Å². The number of thioether (sulfide) groups is 1. The van der Waals surface area contributed by atoms with Crippen LogP contribution in [0.15, 0.2) is 27.7 Å². The Morgan fingerprint density at radius 2 is 1.95 bits per heavy atom. The van der Waals surface area contributed by atoms with E-state index in [1.807, 2.05) is 6.92 Å². The van der Waals surface area contributed by atoms with Crippen molar-refractivity contribution < 1.29 is 17.6 Å². The molecule has 1 aromatic carbocycles. The molecule has 1 nitrogen and oxygen atoms in total. The summed E-state index contributed by atoms with van der Waals surface area (Å²) in [6.07, 6.45) is -1.68. The lowest BCUT2D eigenvalue weighted by Crippen LogP contribution is -2.04. The third kappa shape index (κ3) is 2.97. The highest BCUT2D eigenvalue weighted by atomic mass is 32.2. The lowest BCUT2D eigenvalue weighted by Gasteiger charge is -2.06. The second-order valence-corrected chi connectivity index (χ2v) is 5.82. The first-order valence-corrected chi connectivity index (χ1v) is 7.72. The molecule has 0 amide bonds. The fourth-order valence-electron chi connectivity index (χ4n) is 2.21. The van der Waals surface area contributed by atoms with Crippen molar-refractivity contribution in [3.63, 3.8) is 0 Å². The summed E-state index contributed by atoms with van der Waals surface area (Å²) in [4.78, 5) is 0. The van der Waals surface area contributed by atoms with Crippen LogP contribution in [0.5, 0.6) is 0 Å². The van der Waals surface area contributed by atoms with E-state index in [1.165, 1.54) is 17.8 Å². The zero-order chi connectivity index (χ0) is 14.8. The number of alkyl halides is 3. The molecule has 0 unspecified atom stereocenters. The molecule has 1 heterocycles. The molecule has 1 aromatic heterocycles. The standard InChI is InChI=1S/C15H17F3OS/c1-3-5-7-11-10-8-6-9-12(15(16,17)18)13(10)19-14(11)20-4-2/h6,8-9H,3-5,7H2,1-2H3. The van der Waals surface area contributed by atoms with Gasteiger partial charge in [-0.15, -0.1) is 0 Å². The molecule has 0 aliphatic carbocycles. The van der Waals surface area contributed by atoms with E-state index in [0.29, 0.717) is 10.5 Å². The number of rotatable bonds is 5. The number of fused-ring (bicyclic) bond motifs is 1. The molecule has 0 radical (unpaired) electrons. The second-order valence-electron chi connectivity index (χ2n) is 4.58. The van der Waals surface area contributed by atoms with Gasteiger partial charge in [0.2, 0.25) is 0 Å². The minimum atomic E-state index is -4.38. The van der Waals surface area contributed by atoms with E-state index in [4.69, 9.17) is 4.42 Å². The van der Waals surface area contributed by atoms with Crippen molar-refractivity contribution in [1.29, 1.82) is 0 Å². The zero-order valence-electron chi connectivity index (χ0n) is 11.5. The summed E-state index contributed by atoms with van der Waals surface area (Å²) in [6.45, 7) is 4.03. The minimum Gasteiger partial charge on any atom is -0.449 e. The summed E-state index contributed by atoms with van der Waals surface area (Å²) in [5, 5.41) is 1.23. The number of benzene rings is 1. The van der Waals surface area contributed by atoms with Gasteiger partial charge in [0.1, 0.15) is 5.58 Å². The zero-order valence-corrected chi connectivity index (χ0v) is 12.3. The van der Waals surface area contributed by atoms with Gasteiger partial charge in [-0.05, 0) is 24.7 Å². The number of para-hydroxylation sites is 1. The third-order valence-electron chi connectivity index (χ3n) is 3.14. The Morgan fingerprint density at radius 1 is 1.20 bits per heavy atom. The molecule has 0 aliphatic rings. The predicted octanol–water partition coefficient (Wildman–Crippen LogP) is 5.91. The average molecular weight is 302 g/mol. The molecule has 0 saturated heterocycles. The van der Waals surface area contributed by atoms with E-state index in [1.54, 1.807) is 6.07 Å². The number of unbranched alkanes of at least 4 members (excludes halogenated alkanes) is 1. The molecule has 0 bridgehead atoms. The molecule has 0 N–H and O–H groups in total. The van der Waals surface area contributed by atoms with Gasteiger partial charge < -0.3 is 4.42 Å². The number of hydrogen-bond acceptors (Lipinski definition) is 2. The number of furan rings is 1. The monoisotopic (exact) mass is 302 g/mol. The van der Waals surface area contributed by atoms with Crippen molar-refractivity contribution in [3.8, 4) is 0 Å². The van der Waals surface area contributed by atoms with Gasteiger partial charge in [-0.2, -0.15) is 13.2 Å². The van der Waals surface area contributed by atoms with Crippen molar-refractivity contribution in [3.05, 3.63) is 29.3 Å². The van der Waals surface area contributed by atoms with Crippen molar-refractivity contribution in [2.24, 2.45) is 0 Å². The number of halogens is 3. The summed E-state index contributed by atoms with van der Waals surface area (Å²) in [5.74, 6) is 0.778. The molecule has 2 rings (SSSR count). The molecule has 20 heavy (non-hydrogen) atoms. The predicted molar refractivity (Wildman–Crippen MR) is 76.2 cm³/mol. The SMILES string of the molecule is CCCCc1c(SCC)oc2c(C(F)(F)F)cccc12. The van der Waals surface area contributed by atoms with Gasteiger partial charge >= 0.3 is 6.18 Å². The first-order chi connectivity index (χ1) is 9.49. The smallest absolute Gasteiger partial charge is 0.420 e. The molecule has 0 atom stereocenters. The molecule has 2 aromatic rings. The minimum absolute atomic E-state index is 0.0259. The Bertz CT molecular complexity index is 587. The van der Waals surface area contributed by atoms with Crippen LogP contribution in [-0.4, -0.2) is 5.75 Å². The van der Waals surface area contributed by atoms with Crippen LogP contribution in [0.25, 0.3) is 11.0 Å². The molecule has 0 saturated carbocycles. The largest absolute Gasteiger partial charge is 0.449 e. The van der Waals surface area contributed by atoms with Gasteiger partial charge in [-0.3, -0.25) is 0 Å². The van der Waals surface area contributed by atoms with Crippen molar-refractivity contribution in [1.82, 2.24) is 0 Å². The quantitative estimate of drug-likeness (QED) is 0.637. The summed E-state index contributed by atoms with van der Waals surface area (Å²) in [7, 11) is 0. The van der Waals surface area contributed by atoms with E-state index in [0.717, 1.165) is 36.6 Å². The molecular weight excluding hydrogens is 285 g/mol. The van der Waals surface area contributed by atoms with Crippen LogP contribution in [0.4, 0.5) is 13.2 Å². The Kier molecular flexibility index (Phi) is 4.68. The van der Waals surface area contributed by atoms with E-state index in [-0.39, 0.29) is 5.58 Å². The summed E-state index contributed by atoms with van der Waals surface area (Å²) < 4.78 is 44.6. The van der Waals surface area contributed by atoms with Crippen molar-refractivity contribution >= 4 is 22.7 Å². The third-order valence-corrected chi connectivity index (χ3v) is 4.02. The fraction of sp³-hybridized carbons (Fsp3) is 0.467. The van der Waals surface area contributed by atoms with E-state index in [9.17, 15) is 13.2 Å². The van der Waals surface area contributed by atoms with Crippen LogP contribution in [0, 0.1) is 0 Å². The second kappa shape index (κ2) is 6.12. The first-order valence-electron chi connectivity index (χ1n) is 6.73. The van der Waals surface area contributed by atoms with Crippen molar-refractivity contribution in [2.75, 3.05) is 5.75 Å². The molecule has 0 spiro atoms. The first kappa shape index (κ1) is 15.3. The van der Waals surface area contributed by atoms with Gasteiger partial charge in [0.15, 0.2) is 5.09 Å². The van der Waals surface area contributed by atoms with Crippen LogP contribution in [-0.2, 0) is 12.6 Å². The van der Waals surface area contributed by atoms with E-state index < -0.39 is 11.7 Å². The van der Waals surface area contributed by atoms with Crippen LogP contribution < -0.4 is 0 Å². The Hall–Kier alpha value is -1.10. The molecule has 5 heteroatoms. The maximum absolute atomic E-state index is 13.0. The van der Waals surface area contributed by atoms with Gasteiger partial charge in [0, 0.05) is 10.9 Å². The fourth-order valence-corrected chi connectivity index (χ4v) is 3.00. The van der Waals surface area contributed by atoms with Gasteiger partial charge in [-0.25, -0.2) is 0 Å². The van der Waals surface area contributed by atoms with Gasteiger partial charge in [0.05, 0.1) is 5.56 Å². The lowest BCUT2D eigenvalue weighted by atomic mass is 10.0. The summed E-state index contributed by atoms with van der Waals surface area (Å²) >= 11 is 1.46. The normalized spacial score (nSPS) is 12.2. The molecule has 0 aliphatic heterocycles. The van der Waals surface area contributed by atoms with Crippen LogP contribution >= 0.6 is 11.8 Å². The number of hydrogen-bond donors (Lipinski definition) is 0. The maximum atomic E-state index is 13.0. The summed E-state index contributed by atoms with van der Waals surface area (Å²) in [5.41, 5.74) is 0.206. The van der Waals surface area contributed by atoms with E-state index >= 15 is 0 Å². The van der Waals surface area contributed by atoms with Crippen LogP contribution in [0.3, 0.4) is 0 Å². The Labute approximate surface area is 120 Å². The molecule has 110 valence electrons. The van der Waals surface area contributed by atoms with Crippen LogP contribution in [0.1, 0.15) is 37.8 Å². The lowest BCUT2D eigenvalue weighted by molar-refractivity contribution is -0.136. The Morgan fingerprint density at radius 3 is 2.55 bits per heavy atom. The van der Waals surface area contributed by atoms with Crippen molar-refractivity contribution in [2.45, 2.75) is 44.4 Å². The molecule has 0 fully saturated rings. The van der Waals surface area contributed by atoms with Crippen LogP contribution in [0.2, 0.25) is 0 Å². The van der Waals surface area contributed by atoms with E-state index in [2.05, 4.69) is 6.92 Å². The topological polar surface area (TPSA) is 13.1 Å².